The van der Waals surface area contributed by atoms with E-state index < -0.39 is 5.41 Å². The minimum Gasteiger partial charge on any atom is -0.465 e. The van der Waals surface area contributed by atoms with Crippen molar-refractivity contribution >= 4 is 28.7 Å². The summed E-state index contributed by atoms with van der Waals surface area (Å²) in [6.45, 7) is 0. The van der Waals surface area contributed by atoms with E-state index in [4.69, 9.17) is 4.74 Å². The summed E-state index contributed by atoms with van der Waals surface area (Å²) in [6.07, 6.45) is 4.62. The molecule has 4 bridgehead atoms. The van der Waals surface area contributed by atoms with Gasteiger partial charge in [0.25, 0.3) is 0 Å². The van der Waals surface area contributed by atoms with Crippen LogP contribution in [0.5, 0.6) is 0 Å². The van der Waals surface area contributed by atoms with Crippen molar-refractivity contribution in [2.45, 2.75) is 5.92 Å². The van der Waals surface area contributed by atoms with Crippen molar-refractivity contribution in [1.29, 1.82) is 0 Å². The van der Waals surface area contributed by atoms with Crippen LogP contribution < -0.4 is 0 Å². The molecule has 4 aromatic rings. The first-order valence-corrected chi connectivity index (χ1v) is 13.8. The fourth-order valence-corrected chi connectivity index (χ4v) is 7.95. The van der Waals surface area contributed by atoms with Crippen molar-refractivity contribution in [2.24, 2.45) is 23.2 Å². The van der Waals surface area contributed by atoms with E-state index in [9.17, 15) is 9.59 Å². The third-order valence-corrected chi connectivity index (χ3v) is 9.52. The number of hydrogen-bond donors (Lipinski definition) is 0. The molecule has 8 rings (SSSR count). The van der Waals surface area contributed by atoms with E-state index >= 15 is 0 Å². The number of rotatable bonds is 6. The Labute approximate surface area is 226 Å². The molecule has 4 heteroatoms. The summed E-state index contributed by atoms with van der Waals surface area (Å²) in [4.78, 5) is 27.3. The first-order chi connectivity index (χ1) is 18.7. The van der Waals surface area contributed by atoms with Crippen LogP contribution >= 0.6 is 11.3 Å². The zero-order valence-electron chi connectivity index (χ0n) is 20.9. The standard InChI is InChI=1S/C34H26O3S/c1-37-33(36)24-16-14-23(15-17-24)30-25-18-19-26-31(34(26,30)32(35)27-13-8-20-38-27)29(25)28(21-9-4-2-5-10-21)22-11-6-3-7-12-22/h2-20,25-26,30-31H,1H3/t25-,26+,30-,31?,34+/m1/s1. The maximum absolute atomic E-state index is 14.4. The minimum absolute atomic E-state index is 0.00113. The topological polar surface area (TPSA) is 43.4 Å². The number of Topliss-reactive ketones (excluding diaryl/α,β-unsaturated/α-hetero) is 1. The van der Waals surface area contributed by atoms with Crippen LogP contribution in [0.25, 0.3) is 5.57 Å². The van der Waals surface area contributed by atoms with E-state index in [-0.39, 0.29) is 35.4 Å². The van der Waals surface area contributed by atoms with Crippen LogP contribution in [-0.4, -0.2) is 18.9 Å². The third kappa shape index (κ3) is 3.20. The second-order valence-electron chi connectivity index (χ2n) is 10.3. The molecule has 3 aromatic carbocycles. The normalized spacial score (nSPS) is 26.2. The van der Waals surface area contributed by atoms with Crippen LogP contribution in [0.2, 0.25) is 0 Å². The summed E-state index contributed by atoms with van der Waals surface area (Å²) in [5.74, 6) is 0.288. The lowest BCUT2D eigenvalue weighted by molar-refractivity contribution is 0.0600. The van der Waals surface area contributed by atoms with Crippen LogP contribution in [0.3, 0.4) is 0 Å². The Hall–Kier alpha value is -4.02. The summed E-state index contributed by atoms with van der Waals surface area (Å²) in [5.41, 5.74) is 6.07. The number of thiophene rings is 1. The van der Waals surface area contributed by atoms with E-state index in [1.54, 1.807) is 0 Å². The average Bonchev–Trinajstić information content (AvgIpc) is 3.26. The average molecular weight is 515 g/mol. The highest BCUT2D eigenvalue weighted by Gasteiger charge is 2.80. The van der Waals surface area contributed by atoms with Crippen molar-refractivity contribution in [1.82, 2.24) is 0 Å². The van der Waals surface area contributed by atoms with Crippen LogP contribution in [-0.2, 0) is 4.74 Å². The van der Waals surface area contributed by atoms with Gasteiger partial charge in [0.05, 0.1) is 23.0 Å². The van der Waals surface area contributed by atoms with Crippen molar-refractivity contribution in [3.63, 3.8) is 0 Å². The molecule has 2 saturated carbocycles. The fourth-order valence-electron chi connectivity index (χ4n) is 7.21. The smallest absolute Gasteiger partial charge is 0.337 e. The number of ether oxygens (including phenoxy) is 1. The molecule has 3 nitrogen and oxygen atoms in total. The Bertz CT molecular complexity index is 1540. The Morgan fingerprint density at radius 3 is 1.97 bits per heavy atom. The maximum Gasteiger partial charge on any atom is 0.337 e. The Morgan fingerprint density at radius 2 is 1.39 bits per heavy atom. The van der Waals surface area contributed by atoms with E-state index in [2.05, 4.69) is 60.7 Å². The predicted octanol–water partition coefficient (Wildman–Crippen LogP) is 7.44. The van der Waals surface area contributed by atoms with Crippen LogP contribution in [0.4, 0.5) is 0 Å². The van der Waals surface area contributed by atoms with Gasteiger partial charge in [0.2, 0.25) is 0 Å². The van der Waals surface area contributed by atoms with E-state index in [0.717, 1.165) is 10.4 Å². The Morgan fingerprint density at radius 1 is 0.737 bits per heavy atom. The summed E-state index contributed by atoms with van der Waals surface area (Å²) < 4.78 is 4.92. The molecule has 0 radical (unpaired) electrons. The maximum atomic E-state index is 14.4. The zero-order chi connectivity index (χ0) is 25.9. The van der Waals surface area contributed by atoms with Gasteiger partial charge in [-0.1, -0.05) is 91.0 Å². The Balaban J connectivity index is 1.46. The van der Waals surface area contributed by atoms with Gasteiger partial charge >= 0.3 is 5.97 Å². The molecule has 1 unspecified atom stereocenters. The summed E-state index contributed by atoms with van der Waals surface area (Å²) in [5, 5.41) is 1.99. The van der Waals surface area contributed by atoms with Crippen LogP contribution in [0.1, 0.15) is 42.6 Å². The van der Waals surface area contributed by atoms with Crippen LogP contribution in [0, 0.1) is 23.2 Å². The highest BCUT2D eigenvalue weighted by atomic mass is 32.1. The van der Waals surface area contributed by atoms with Gasteiger partial charge in [0, 0.05) is 17.8 Å². The summed E-state index contributed by atoms with van der Waals surface area (Å²) in [6, 6.07) is 32.8. The van der Waals surface area contributed by atoms with Crippen molar-refractivity contribution in [2.75, 3.05) is 7.11 Å². The number of hydrogen-bond acceptors (Lipinski definition) is 4. The number of ketones is 1. The van der Waals surface area contributed by atoms with Gasteiger partial charge in [0.15, 0.2) is 5.78 Å². The van der Waals surface area contributed by atoms with E-state index in [0.29, 0.717) is 5.56 Å². The molecule has 4 aliphatic carbocycles. The number of carbonyl (C=O) groups excluding carboxylic acids is 2. The highest BCUT2D eigenvalue weighted by molar-refractivity contribution is 7.12. The van der Waals surface area contributed by atoms with Gasteiger partial charge < -0.3 is 4.74 Å². The molecule has 0 amide bonds. The lowest BCUT2D eigenvalue weighted by Gasteiger charge is -2.33. The third-order valence-electron chi connectivity index (χ3n) is 8.65. The fraction of sp³-hybridized carbons (Fsp3) is 0.176. The highest BCUT2D eigenvalue weighted by Crippen LogP contribution is 2.82. The lowest BCUT2D eigenvalue weighted by Crippen LogP contribution is -2.30. The van der Waals surface area contributed by atoms with Gasteiger partial charge in [-0.15, -0.1) is 11.3 Å². The molecule has 5 atom stereocenters. The van der Waals surface area contributed by atoms with E-state index in [1.807, 2.05) is 53.9 Å². The zero-order valence-corrected chi connectivity index (χ0v) is 21.7. The SMILES string of the molecule is COC(=O)c1ccc([C@@H]2[C@@H]3C=C[C@H]4C(C3=C(c3ccccc3)c3ccccc3)[C@@]24C(=O)c2cccs2)cc1. The largest absolute Gasteiger partial charge is 0.465 e. The molecule has 38 heavy (non-hydrogen) atoms. The quantitative estimate of drug-likeness (QED) is 0.153. The minimum atomic E-state index is -0.513. The first-order valence-electron chi connectivity index (χ1n) is 13.0. The second kappa shape index (κ2) is 8.78. The molecule has 0 spiro atoms. The number of benzene rings is 3. The van der Waals surface area contributed by atoms with Gasteiger partial charge in [-0.3, -0.25) is 4.79 Å². The summed E-state index contributed by atoms with van der Waals surface area (Å²) >= 11 is 1.53. The molecular weight excluding hydrogens is 488 g/mol. The molecule has 0 aliphatic heterocycles. The van der Waals surface area contributed by atoms with Gasteiger partial charge in [-0.2, -0.15) is 0 Å². The molecule has 1 aromatic heterocycles. The molecule has 2 fully saturated rings. The molecule has 1 heterocycles. The lowest BCUT2D eigenvalue weighted by atomic mass is 9.69. The number of carbonyl (C=O) groups is 2. The van der Waals surface area contributed by atoms with Crippen molar-refractivity contribution in [3.8, 4) is 0 Å². The van der Waals surface area contributed by atoms with E-state index in [1.165, 1.54) is 40.7 Å². The second-order valence-corrected chi connectivity index (χ2v) is 11.3. The molecule has 0 saturated heterocycles. The van der Waals surface area contributed by atoms with Crippen molar-refractivity contribution in [3.05, 3.63) is 147 Å². The van der Waals surface area contributed by atoms with Crippen LogP contribution in [0.15, 0.2) is 120 Å². The Kier molecular flexibility index (Phi) is 5.34. The van der Waals surface area contributed by atoms with Crippen molar-refractivity contribution < 1.29 is 14.3 Å². The number of esters is 1. The molecular formula is C34H26O3S. The predicted molar refractivity (Wildman–Crippen MR) is 150 cm³/mol. The van der Waals surface area contributed by atoms with Gasteiger partial charge in [-0.05, 0) is 57.3 Å². The molecule has 4 aliphatic rings. The first kappa shape index (κ1) is 23.1. The summed E-state index contributed by atoms with van der Waals surface area (Å²) in [7, 11) is 1.40. The number of methoxy groups -OCH3 is 1. The molecule has 0 N–H and O–H groups in total. The molecule has 186 valence electrons. The number of allylic oxidation sites excluding steroid dienone is 3. The monoisotopic (exact) mass is 514 g/mol. The van der Waals surface area contributed by atoms with Gasteiger partial charge in [0.1, 0.15) is 0 Å². The van der Waals surface area contributed by atoms with Gasteiger partial charge in [-0.25, -0.2) is 4.79 Å².